The quantitative estimate of drug-likeness (QED) is 0.738. The van der Waals surface area contributed by atoms with Gasteiger partial charge < -0.3 is 9.80 Å². The van der Waals surface area contributed by atoms with E-state index in [0.29, 0.717) is 19.5 Å². The molecule has 1 aliphatic carbocycles. The Morgan fingerprint density at radius 1 is 0.862 bits per heavy atom. The highest BCUT2D eigenvalue weighted by molar-refractivity contribution is 6.05. The average molecular weight is 396 g/mol. The summed E-state index contributed by atoms with van der Waals surface area (Å²) in [5.74, 6) is 0.303. The van der Waals surface area contributed by atoms with E-state index >= 15 is 0 Å². The van der Waals surface area contributed by atoms with Crippen molar-refractivity contribution in [2.75, 3.05) is 13.1 Å². The van der Waals surface area contributed by atoms with Gasteiger partial charge in [0.1, 0.15) is 6.04 Å². The molecule has 6 nitrogen and oxygen atoms in total. The molecular weight excluding hydrogens is 366 g/mol. The number of likely N-dealkylation sites (tertiary alicyclic amines) is 1. The number of benzene rings is 1. The van der Waals surface area contributed by atoms with E-state index in [-0.39, 0.29) is 41.9 Å². The van der Waals surface area contributed by atoms with E-state index in [1.807, 2.05) is 35.2 Å². The van der Waals surface area contributed by atoms with Gasteiger partial charge in [0.05, 0.1) is 12.1 Å². The van der Waals surface area contributed by atoms with Crippen molar-refractivity contribution < 1.29 is 14.4 Å². The van der Waals surface area contributed by atoms with Gasteiger partial charge in [-0.25, -0.2) is 4.79 Å². The van der Waals surface area contributed by atoms with Crippen LogP contribution in [0.1, 0.15) is 63.0 Å². The Balaban J connectivity index is 1.29. The van der Waals surface area contributed by atoms with Gasteiger partial charge in [0.15, 0.2) is 0 Å². The minimum atomic E-state index is -0.337. The molecule has 3 saturated heterocycles. The van der Waals surface area contributed by atoms with Crippen molar-refractivity contribution in [1.29, 1.82) is 0 Å². The molecule has 6 heteroatoms. The zero-order valence-electron chi connectivity index (χ0n) is 16.8. The lowest BCUT2D eigenvalue weighted by Gasteiger charge is -2.28. The number of nitrogens with zero attached hydrogens (tertiary/aromatic N) is 3. The summed E-state index contributed by atoms with van der Waals surface area (Å²) in [7, 11) is 0. The lowest BCUT2D eigenvalue weighted by Crippen LogP contribution is -2.45. The Morgan fingerprint density at radius 2 is 1.59 bits per heavy atom. The highest BCUT2D eigenvalue weighted by Gasteiger charge is 2.54. The molecule has 5 rings (SSSR count). The Kier molecular flexibility index (Phi) is 4.80. The molecule has 0 N–H and O–H groups in total. The van der Waals surface area contributed by atoms with Crippen LogP contribution in [0.15, 0.2) is 30.3 Å². The van der Waals surface area contributed by atoms with Crippen LogP contribution in [0.3, 0.4) is 0 Å². The van der Waals surface area contributed by atoms with Gasteiger partial charge in [-0.1, -0.05) is 49.6 Å². The van der Waals surface area contributed by atoms with Crippen LogP contribution in [-0.4, -0.2) is 57.7 Å². The van der Waals surface area contributed by atoms with Gasteiger partial charge in [-0.3, -0.25) is 14.5 Å². The molecule has 0 radical (unpaired) electrons. The van der Waals surface area contributed by atoms with Gasteiger partial charge in [0.25, 0.3) is 5.91 Å². The van der Waals surface area contributed by atoms with Crippen LogP contribution < -0.4 is 0 Å². The van der Waals surface area contributed by atoms with Gasteiger partial charge in [-0.05, 0) is 37.7 Å². The molecule has 3 heterocycles. The monoisotopic (exact) mass is 395 g/mol. The number of urea groups is 1. The first-order chi connectivity index (χ1) is 14.1. The molecule has 4 aliphatic rings. The summed E-state index contributed by atoms with van der Waals surface area (Å²) < 4.78 is 0. The second-order valence-corrected chi connectivity index (χ2v) is 8.98. The lowest BCUT2D eigenvalue weighted by molar-refractivity contribution is -0.136. The van der Waals surface area contributed by atoms with Crippen molar-refractivity contribution in [3.05, 3.63) is 35.9 Å². The molecule has 29 heavy (non-hydrogen) atoms. The van der Waals surface area contributed by atoms with Crippen molar-refractivity contribution >= 4 is 17.8 Å². The molecule has 4 fully saturated rings. The van der Waals surface area contributed by atoms with Gasteiger partial charge in [-0.2, -0.15) is 0 Å². The van der Waals surface area contributed by atoms with Crippen molar-refractivity contribution in [2.45, 2.75) is 69.5 Å². The summed E-state index contributed by atoms with van der Waals surface area (Å²) in [5.41, 5.74) is 1.10. The number of carbonyl (C=O) groups excluding carboxylic acids is 3. The zero-order valence-corrected chi connectivity index (χ0v) is 16.8. The van der Waals surface area contributed by atoms with Crippen molar-refractivity contribution in [3.63, 3.8) is 0 Å². The highest BCUT2D eigenvalue weighted by Crippen LogP contribution is 2.42. The summed E-state index contributed by atoms with van der Waals surface area (Å²) in [6.45, 7) is 1.16. The van der Waals surface area contributed by atoms with Crippen LogP contribution in [-0.2, 0) is 9.59 Å². The Morgan fingerprint density at radius 3 is 2.34 bits per heavy atom. The van der Waals surface area contributed by atoms with Gasteiger partial charge >= 0.3 is 6.03 Å². The van der Waals surface area contributed by atoms with E-state index in [1.54, 1.807) is 4.90 Å². The number of rotatable bonds is 3. The number of imide groups is 1. The minimum absolute atomic E-state index is 0.0240. The van der Waals surface area contributed by atoms with E-state index in [0.717, 1.165) is 44.1 Å². The standard InChI is InChI=1S/C23H29N3O3/c27-21(17-9-5-2-6-10-17)24-14-13-18(15-24)25-22(28)20-12-11-19(26(20)23(25)29)16-7-3-1-4-8-16/h1,3-4,7-8,17-20H,2,5-6,9-15H2. The summed E-state index contributed by atoms with van der Waals surface area (Å²) in [4.78, 5) is 44.4. The van der Waals surface area contributed by atoms with Crippen LogP contribution in [0, 0.1) is 5.92 Å². The maximum absolute atomic E-state index is 13.3. The molecule has 154 valence electrons. The molecule has 1 aromatic rings. The second kappa shape index (κ2) is 7.47. The molecule has 0 bridgehead atoms. The highest BCUT2D eigenvalue weighted by atomic mass is 16.2. The topological polar surface area (TPSA) is 60.9 Å². The summed E-state index contributed by atoms with van der Waals surface area (Å²) in [5, 5.41) is 0. The molecule has 1 saturated carbocycles. The van der Waals surface area contributed by atoms with Crippen molar-refractivity contribution in [1.82, 2.24) is 14.7 Å². The van der Waals surface area contributed by atoms with E-state index < -0.39 is 0 Å². The predicted molar refractivity (Wildman–Crippen MR) is 108 cm³/mol. The van der Waals surface area contributed by atoms with Crippen molar-refractivity contribution in [2.24, 2.45) is 5.92 Å². The number of fused-ring (bicyclic) bond motifs is 1. The minimum Gasteiger partial charge on any atom is -0.340 e. The molecule has 1 aromatic carbocycles. The Hall–Kier alpha value is -2.37. The molecule has 3 unspecified atom stereocenters. The number of amides is 4. The summed E-state index contributed by atoms with van der Waals surface area (Å²) in [6.07, 6.45) is 7.71. The Labute approximate surface area is 171 Å². The van der Waals surface area contributed by atoms with E-state index in [9.17, 15) is 14.4 Å². The lowest BCUT2D eigenvalue weighted by atomic mass is 9.88. The number of hydrogen-bond acceptors (Lipinski definition) is 3. The summed E-state index contributed by atoms with van der Waals surface area (Å²) >= 11 is 0. The SMILES string of the molecule is O=C(C1CCCCC1)N1CCC(N2C(=O)C3CCC(c4ccccc4)N3C2=O)C1. The van der Waals surface area contributed by atoms with E-state index in [2.05, 4.69) is 0 Å². The predicted octanol–water partition coefficient (Wildman–Crippen LogP) is 3.34. The first kappa shape index (κ1) is 18.6. The third kappa shape index (κ3) is 3.13. The van der Waals surface area contributed by atoms with Crippen LogP contribution in [0.5, 0.6) is 0 Å². The summed E-state index contributed by atoms with van der Waals surface area (Å²) in [6, 6.07) is 9.30. The second-order valence-electron chi connectivity index (χ2n) is 8.98. The average Bonchev–Trinajstić information content (AvgIpc) is 3.46. The maximum Gasteiger partial charge on any atom is 0.328 e. The fourth-order valence-electron chi connectivity index (χ4n) is 5.80. The third-order valence-electron chi connectivity index (χ3n) is 7.31. The van der Waals surface area contributed by atoms with Gasteiger partial charge in [0, 0.05) is 19.0 Å². The van der Waals surface area contributed by atoms with E-state index in [4.69, 9.17) is 0 Å². The fraction of sp³-hybridized carbons (Fsp3) is 0.609. The maximum atomic E-state index is 13.3. The van der Waals surface area contributed by atoms with Crippen LogP contribution in [0.25, 0.3) is 0 Å². The Bertz CT molecular complexity index is 805. The van der Waals surface area contributed by atoms with Gasteiger partial charge in [0.2, 0.25) is 5.91 Å². The van der Waals surface area contributed by atoms with Crippen LogP contribution >= 0.6 is 0 Å². The number of hydrogen-bond donors (Lipinski definition) is 0. The van der Waals surface area contributed by atoms with Crippen LogP contribution in [0.4, 0.5) is 4.79 Å². The molecule has 0 aromatic heterocycles. The fourth-order valence-corrected chi connectivity index (χ4v) is 5.80. The molecule has 0 spiro atoms. The molecule has 4 amide bonds. The largest absolute Gasteiger partial charge is 0.340 e. The normalized spacial score (nSPS) is 30.3. The van der Waals surface area contributed by atoms with Gasteiger partial charge in [-0.15, -0.1) is 0 Å². The molecule has 3 aliphatic heterocycles. The van der Waals surface area contributed by atoms with Crippen LogP contribution in [0.2, 0.25) is 0 Å². The van der Waals surface area contributed by atoms with E-state index in [1.165, 1.54) is 11.3 Å². The third-order valence-corrected chi connectivity index (χ3v) is 7.31. The smallest absolute Gasteiger partial charge is 0.328 e. The first-order valence-corrected chi connectivity index (χ1v) is 11.1. The number of carbonyl (C=O) groups is 3. The molecular formula is C23H29N3O3. The van der Waals surface area contributed by atoms with Crippen molar-refractivity contribution in [3.8, 4) is 0 Å². The first-order valence-electron chi connectivity index (χ1n) is 11.1. The zero-order chi connectivity index (χ0) is 20.0. The molecule has 3 atom stereocenters.